The van der Waals surface area contributed by atoms with Crippen molar-refractivity contribution >= 4 is 17.4 Å². The van der Waals surface area contributed by atoms with Crippen LogP contribution in [0.5, 0.6) is 0 Å². The minimum atomic E-state index is -4.52. The molecule has 0 spiro atoms. The van der Waals surface area contributed by atoms with Crippen molar-refractivity contribution in [2.24, 2.45) is 0 Å². The number of rotatable bonds is 7. The maximum Gasteiger partial charge on any atom is 0.413 e. The van der Waals surface area contributed by atoms with Gasteiger partial charge in [-0.15, -0.1) is 11.8 Å². The highest BCUT2D eigenvalue weighted by Gasteiger charge is 2.41. The first-order valence-corrected chi connectivity index (χ1v) is 12.7. The molecular weight excluding hydrogens is 466 g/mol. The Kier molecular flexibility index (Phi) is 8.24. The van der Waals surface area contributed by atoms with E-state index >= 15 is 0 Å². The van der Waals surface area contributed by atoms with Crippen LogP contribution in [0.25, 0.3) is 0 Å². The zero-order valence-corrected chi connectivity index (χ0v) is 20.1. The molecule has 0 bridgehead atoms. The number of nitrogens with zero attached hydrogens (tertiary/aromatic N) is 1. The zero-order chi connectivity index (χ0) is 24.3. The smallest absolute Gasteiger partial charge is 0.379 e. The summed E-state index contributed by atoms with van der Waals surface area (Å²) in [4.78, 5) is 1.95. The lowest BCUT2D eigenvalue weighted by Gasteiger charge is -2.37. The highest BCUT2D eigenvalue weighted by molar-refractivity contribution is 8.00. The average molecular weight is 500 g/mol. The third kappa shape index (κ3) is 6.15. The van der Waals surface area contributed by atoms with Crippen LogP contribution >= 0.6 is 11.8 Å². The van der Waals surface area contributed by atoms with Crippen LogP contribution in [-0.4, -0.2) is 73.8 Å². The van der Waals surface area contributed by atoms with E-state index in [4.69, 9.17) is 0 Å². The number of nitrogens with one attached hydrogen (secondary N) is 4. The van der Waals surface area contributed by atoms with Crippen LogP contribution in [0.1, 0.15) is 23.6 Å². The van der Waals surface area contributed by atoms with Gasteiger partial charge in [0.25, 0.3) is 0 Å². The monoisotopic (exact) mass is 499 g/mol. The number of hydrogen-bond donors (Lipinski definition) is 4. The van der Waals surface area contributed by atoms with Crippen molar-refractivity contribution in [3.05, 3.63) is 53.6 Å². The molecule has 10 heteroatoms. The molecule has 4 N–H and O–H groups in total. The van der Waals surface area contributed by atoms with Gasteiger partial charge in [-0.05, 0) is 37.1 Å². The van der Waals surface area contributed by atoms with E-state index in [1.807, 2.05) is 30.2 Å². The van der Waals surface area contributed by atoms with Crippen molar-refractivity contribution < 1.29 is 17.6 Å². The Morgan fingerprint density at radius 3 is 2.88 bits per heavy atom. The SMILES string of the molecule is C=C(C1NC(/C=C/CNC2NCCS2)Cc2c(N[C@@H]3CCN(C)C[C@@H]3F)cccc21)C(F)(F)F. The Bertz CT molecular complexity index is 887. The minimum Gasteiger partial charge on any atom is -0.379 e. The lowest BCUT2D eigenvalue weighted by molar-refractivity contribution is -0.0968. The van der Waals surface area contributed by atoms with Gasteiger partial charge in [0.05, 0.1) is 12.1 Å². The van der Waals surface area contributed by atoms with Crippen LogP contribution in [0, 0.1) is 0 Å². The topological polar surface area (TPSA) is 51.4 Å². The van der Waals surface area contributed by atoms with Crippen molar-refractivity contribution in [2.45, 2.75) is 48.8 Å². The summed E-state index contributed by atoms with van der Waals surface area (Å²) in [5.41, 5.74) is 1.42. The van der Waals surface area contributed by atoms with E-state index in [-0.39, 0.29) is 17.6 Å². The second-order valence-electron chi connectivity index (χ2n) is 9.17. The van der Waals surface area contributed by atoms with E-state index in [0.717, 1.165) is 24.4 Å². The van der Waals surface area contributed by atoms with E-state index in [2.05, 4.69) is 27.8 Å². The van der Waals surface area contributed by atoms with Crippen LogP contribution in [0.2, 0.25) is 0 Å². The summed E-state index contributed by atoms with van der Waals surface area (Å²) in [5, 5.41) is 13.1. The van der Waals surface area contributed by atoms with Gasteiger partial charge in [0.15, 0.2) is 0 Å². The number of benzene rings is 1. The van der Waals surface area contributed by atoms with Gasteiger partial charge in [0, 0.05) is 49.2 Å². The number of anilines is 1. The summed E-state index contributed by atoms with van der Waals surface area (Å²) in [6.45, 7) is 6.06. The van der Waals surface area contributed by atoms with Gasteiger partial charge in [-0.25, -0.2) is 4.39 Å². The molecule has 0 amide bonds. The summed E-state index contributed by atoms with van der Waals surface area (Å²) in [6.07, 6.45) is -0.551. The van der Waals surface area contributed by atoms with Gasteiger partial charge in [-0.2, -0.15) is 13.2 Å². The van der Waals surface area contributed by atoms with Crippen LogP contribution in [0.15, 0.2) is 42.5 Å². The Labute approximate surface area is 202 Å². The van der Waals surface area contributed by atoms with Gasteiger partial charge in [-0.1, -0.05) is 30.9 Å². The highest BCUT2D eigenvalue weighted by Crippen LogP contribution is 2.40. The standard InChI is InChI=1S/C24H33F4N5S/c1-15(24(26,27)28)22-17-6-3-7-20(32-21-8-11-33(2)14-19(21)25)18(17)13-16(31-22)5-4-9-29-23-30-10-12-34-23/h3-7,16,19,21-23,29-32H,1,8-14H2,2H3/b5-4+/t16?,19-,21+,22?,23?/m0/s1. The molecule has 5 nitrogen and oxygen atoms in total. The molecule has 2 fully saturated rings. The number of alkyl halides is 4. The molecule has 3 aliphatic heterocycles. The molecule has 0 aromatic heterocycles. The number of halogens is 4. The number of piperidine rings is 1. The lowest BCUT2D eigenvalue weighted by Crippen LogP contribution is -2.46. The molecule has 0 saturated carbocycles. The predicted molar refractivity (Wildman–Crippen MR) is 131 cm³/mol. The van der Waals surface area contributed by atoms with Crippen molar-refractivity contribution in [1.29, 1.82) is 0 Å². The van der Waals surface area contributed by atoms with Crippen molar-refractivity contribution in [2.75, 3.05) is 44.3 Å². The Morgan fingerprint density at radius 2 is 2.18 bits per heavy atom. The minimum absolute atomic E-state index is 0.196. The van der Waals surface area contributed by atoms with Crippen LogP contribution < -0.4 is 21.3 Å². The van der Waals surface area contributed by atoms with E-state index < -0.39 is 24.0 Å². The van der Waals surface area contributed by atoms with Crippen molar-refractivity contribution in [3.8, 4) is 0 Å². The lowest BCUT2D eigenvalue weighted by atomic mass is 9.85. The van der Waals surface area contributed by atoms with E-state index in [1.54, 1.807) is 23.9 Å². The second-order valence-corrected chi connectivity index (χ2v) is 10.4. The first kappa shape index (κ1) is 25.5. The van der Waals surface area contributed by atoms with Gasteiger partial charge >= 0.3 is 6.18 Å². The predicted octanol–water partition coefficient (Wildman–Crippen LogP) is 3.58. The number of thioether (sulfide) groups is 1. The number of hydrogen-bond acceptors (Lipinski definition) is 6. The molecule has 2 saturated heterocycles. The maximum absolute atomic E-state index is 14.7. The molecule has 3 unspecified atom stereocenters. The fourth-order valence-corrected chi connectivity index (χ4v) is 5.70. The first-order chi connectivity index (χ1) is 16.2. The normalized spacial score (nSPS) is 30.4. The zero-order valence-electron chi connectivity index (χ0n) is 19.3. The third-order valence-electron chi connectivity index (χ3n) is 6.63. The van der Waals surface area contributed by atoms with Gasteiger partial charge in [-0.3, -0.25) is 16.0 Å². The average Bonchev–Trinajstić information content (AvgIpc) is 3.31. The fraction of sp³-hybridized carbons (Fsp3) is 0.583. The molecule has 5 atom stereocenters. The van der Waals surface area contributed by atoms with E-state index in [9.17, 15) is 17.6 Å². The highest BCUT2D eigenvalue weighted by atomic mass is 32.2. The number of likely N-dealkylation sites (tertiary alicyclic amines) is 1. The quantitative estimate of drug-likeness (QED) is 0.340. The Morgan fingerprint density at radius 1 is 1.35 bits per heavy atom. The first-order valence-electron chi connectivity index (χ1n) is 11.7. The molecule has 3 heterocycles. The summed E-state index contributed by atoms with van der Waals surface area (Å²) in [6, 6.07) is 3.56. The molecule has 1 aromatic rings. The molecule has 34 heavy (non-hydrogen) atoms. The fourth-order valence-electron chi connectivity index (χ4n) is 4.78. The summed E-state index contributed by atoms with van der Waals surface area (Å²) >= 11 is 1.79. The number of fused-ring (bicyclic) bond motifs is 1. The summed E-state index contributed by atoms with van der Waals surface area (Å²) < 4.78 is 55.6. The molecule has 1 aromatic carbocycles. The maximum atomic E-state index is 14.7. The van der Waals surface area contributed by atoms with Crippen LogP contribution in [-0.2, 0) is 6.42 Å². The van der Waals surface area contributed by atoms with Gasteiger partial charge in [0.2, 0.25) is 0 Å². The largest absolute Gasteiger partial charge is 0.413 e. The van der Waals surface area contributed by atoms with Crippen molar-refractivity contribution in [1.82, 2.24) is 20.9 Å². The summed E-state index contributed by atoms with van der Waals surface area (Å²) in [5.74, 6) is 1.05. The van der Waals surface area contributed by atoms with E-state index in [0.29, 0.717) is 37.2 Å². The molecule has 4 rings (SSSR count). The molecule has 188 valence electrons. The van der Waals surface area contributed by atoms with Crippen LogP contribution in [0.3, 0.4) is 0 Å². The molecular formula is C24H33F4N5S. The van der Waals surface area contributed by atoms with Gasteiger partial charge < -0.3 is 10.2 Å². The Hall–Kier alpha value is -1.59. The van der Waals surface area contributed by atoms with Gasteiger partial charge in [0.1, 0.15) is 11.7 Å². The molecule has 3 aliphatic rings. The molecule has 0 aliphatic carbocycles. The van der Waals surface area contributed by atoms with Crippen molar-refractivity contribution in [3.63, 3.8) is 0 Å². The summed E-state index contributed by atoms with van der Waals surface area (Å²) in [7, 11) is 1.89. The molecule has 0 radical (unpaired) electrons. The Balaban J connectivity index is 1.54. The third-order valence-corrected chi connectivity index (χ3v) is 7.74. The van der Waals surface area contributed by atoms with E-state index in [1.165, 1.54) is 0 Å². The second kappa shape index (κ2) is 11.0. The van der Waals surface area contributed by atoms with Crippen LogP contribution in [0.4, 0.5) is 23.2 Å².